The molecule has 0 bridgehead atoms. The predicted octanol–water partition coefficient (Wildman–Crippen LogP) is 3.56. The van der Waals surface area contributed by atoms with E-state index < -0.39 is 5.97 Å². The van der Waals surface area contributed by atoms with E-state index in [1.807, 2.05) is 18.2 Å². The van der Waals surface area contributed by atoms with Crippen LogP contribution in [-0.4, -0.2) is 45.3 Å². The number of carbonyl (C=O) groups excluding carboxylic acids is 1. The third kappa shape index (κ3) is 5.11. The number of nitrogens with one attached hydrogen (secondary N) is 2. The number of benzene rings is 3. The quantitative estimate of drug-likeness (QED) is 0.299. The van der Waals surface area contributed by atoms with E-state index >= 15 is 0 Å². The van der Waals surface area contributed by atoms with Crippen molar-refractivity contribution >= 4 is 34.3 Å². The van der Waals surface area contributed by atoms with Gasteiger partial charge in [0.2, 0.25) is 0 Å². The van der Waals surface area contributed by atoms with Crippen molar-refractivity contribution in [1.29, 1.82) is 0 Å². The highest BCUT2D eigenvalue weighted by molar-refractivity contribution is 6.06. The number of ether oxygens (including phenoxy) is 1. The molecule has 34 heavy (non-hydrogen) atoms. The Morgan fingerprint density at radius 2 is 1.74 bits per heavy atom. The average Bonchev–Trinajstić information content (AvgIpc) is 2.86. The van der Waals surface area contributed by atoms with Crippen molar-refractivity contribution in [2.45, 2.75) is 6.54 Å². The standard InChI is InChI=1S/C25H22N4O5/c30-11-12-34-21-10-2-1-7-18(21)24(31)29-17-6-3-5-16(13-17)14-26-23-19-8-4-9-20(25(32)33)22(19)27-15-28-23/h1-10,13,15,30H,11-12,14H2,(H,29,31)(H,32,33)(H,26,27,28). The Kier molecular flexibility index (Phi) is 6.95. The summed E-state index contributed by atoms with van der Waals surface area (Å²) in [6.07, 6.45) is 1.32. The van der Waals surface area contributed by atoms with Crippen molar-refractivity contribution < 1.29 is 24.5 Å². The van der Waals surface area contributed by atoms with Gasteiger partial charge in [-0.05, 0) is 42.0 Å². The molecule has 0 unspecified atom stereocenters. The summed E-state index contributed by atoms with van der Waals surface area (Å²) in [6, 6.07) is 19.1. The van der Waals surface area contributed by atoms with Crippen LogP contribution in [0, 0.1) is 0 Å². The van der Waals surface area contributed by atoms with Crippen LogP contribution in [0.2, 0.25) is 0 Å². The lowest BCUT2D eigenvalue weighted by atomic mass is 10.1. The first kappa shape index (κ1) is 22.7. The fraction of sp³-hybridized carbons (Fsp3) is 0.120. The van der Waals surface area contributed by atoms with Gasteiger partial charge in [-0.1, -0.05) is 30.3 Å². The van der Waals surface area contributed by atoms with Crippen LogP contribution in [0.4, 0.5) is 11.5 Å². The number of fused-ring (bicyclic) bond motifs is 1. The molecule has 4 N–H and O–H groups in total. The van der Waals surface area contributed by atoms with E-state index in [0.717, 1.165) is 5.56 Å². The van der Waals surface area contributed by atoms with Crippen molar-refractivity contribution in [3.8, 4) is 5.75 Å². The zero-order chi connectivity index (χ0) is 23.9. The minimum absolute atomic E-state index is 0.0944. The summed E-state index contributed by atoms with van der Waals surface area (Å²) in [5, 5.41) is 25.1. The van der Waals surface area contributed by atoms with E-state index in [9.17, 15) is 14.7 Å². The number of aromatic nitrogens is 2. The van der Waals surface area contributed by atoms with Gasteiger partial charge in [-0.25, -0.2) is 14.8 Å². The van der Waals surface area contributed by atoms with Crippen molar-refractivity contribution in [2.75, 3.05) is 23.8 Å². The maximum Gasteiger partial charge on any atom is 0.337 e. The van der Waals surface area contributed by atoms with Gasteiger partial charge in [0.1, 0.15) is 24.5 Å². The second-order valence-corrected chi connectivity index (χ2v) is 7.31. The number of anilines is 2. The number of para-hydroxylation sites is 2. The summed E-state index contributed by atoms with van der Waals surface area (Å²) in [5.41, 5.74) is 2.30. The first-order valence-electron chi connectivity index (χ1n) is 10.5. The molecule has 1 heterocycles. The van der Waals surface area contributed by atoms with E-state index in [-0.39, 0.29) is 24.7 Å². The van der Waals surface area contributed by atoms with Gasteiger partial charge in [0, 0.05) is 17.6 Å². The molecule has 0 atom stereocenters. The Morgan fingerprint density at radius 1 is 0.941 bits per heavy atom. The molecule has 1 amide bonds. The number of amides is 1. The number of aliphatic hydroxyl groups excluding tert-OH is 1. The third-order valence-electron chi connectivity index (χ3n) is 5.02. The van der Waals surface area contributed by atoms with Gasteiger partial charge in [-0.15, -0.1) is 0 Å². The molecule has 3 aromatic carbocycles. The summed E-state index contributed by atoms with van der Waals surface area (Å²) in [7, 11) is 0. The number of aromatic carboxylic acids is 1. The number of rotatable bonds is 9. The number of carbonyl (C=O) groups is 2. The maximum atomic E-state index is 12.8. The fourth-order valence-corrected chi connectivity index (χ4v) is 3.48. The van der Waals surface area contributed by atoms with Crippen molar-refractivity contribution in [3.63, 3.8) is 0 Å². The largest absolute Gasteiger partial charge is 0.490 e. The van der Waals surface area contributed by atoms with E-state index in [1.165, 1.54) is 12.4 Å². The first-order chi connectivity index (χ1) is 16.6. The summed E-state index contributed by atoms with van der Waals surface area (Å²) < 4.78 is 5.45. The van der Waals surface area contributed by atoms with E-state index in [1.54, 1.807) is 42.5 Å². The Labute approximate surface area is 195 Å². The number of aliphatic hydroxyl groups is 1. The average molecular weight is 458 g/mol. The molecule has 172 valence electrons. The van der Waals surface area contributed by atoms with Crippen LogP contribution in [0.3, 0.4) is 0 Å². The Morgan fingerprint density at radius 3 is 2.56 bits per heavy atom. The fourth-order valence-electron chi connectivity index (χ4n) is 3.48. The molecule has 0 saturated heterocycles. The highest BCUT2D eigenvalue weighted by atomic mass is 16.5. The predicted molar refractivity (Wildman–Crippen MR) is 127 cm³/mol. The number of hydrogen-bond acceptors (Lipinski definition) is 7. The SMILES string of the molecule is O=C(Nc1cccc(CNc2ncnc3c(C(=O)O)cccc23)c1)c1ccccc1OCCO. The van der Waals surface area contributed by atoms with E-state index in [4.69, 9.17) is 9.84 Å². The summed E-state index contributed by atoms with van der Waals surface area (Å²) in [4.78, 5) is 32.6. The molecule has 0 fully saturated rings. The molecule has 0 aliphatic carbocycles. The van der Waals surface area contributed by atoms with E-state index in [2.05, 4.69) is 20.6 Å². The zero-order valence-electron chi connectivity index (χ0n) is 18.1. The molecule has 4 aromatic rings. The molecule has 9 heteroatoms. The van der Waals surface area contributed by atoms with E-state index in [0.29, 0.717) is 40.3 Å². The number of nitrogens with zero attached hydrogens (tertiary/aromatic N) is 2. The second kappa shape index (κ2) is 10.4. The molecule has 0 radical (unpaired) electrons. The van der Waals surface area contributed by atoms with Crippen LogP contribution in [0.1, 0.15) is 26.3 Å². The molecule has 1 aromatic heterocycles. The highest BCUT2D eigenvalue weighted by Crippen LogP contribution is 2.24. The first-order valence-corrected chi connectivity index (χ1v) is 10.5. The summed E-state index contributed by atoms with van der Waals surface area (Å²) in [5.74, 6) is -0.482. The Bertz CT molecular complexity index is 1340. The minimum atomic E-state index is -1.05. The lowest BCUT2D eigenvalue weighted by Gasteiger charge is -2.12. The Balaban J connectivity index is 1.49. The van der Waals surface area contributed by atoms with Gasteiger partial charge in [-0.3, -0.25) is 4.79 Å². The molecule has 4 rings (SSSR count). The van der Waals surface area contributed by atoms with Crippen LogP contribution in [-0.2, 0) is 6.54 Å². The van der Waals surface area contributed by atoms with Crippen LogP contribution >= 0.6 is 0 Å². The smallest absolute Gasteiger partial charge is 0.337 e. The minimum Gasteiger partial charge on any atom is -0.490 e. The van der Waals surface area contributed by atoms with Crippen LogP contribution in [0.25, 0.3) is 10.9 Å². The number of carboxylic acid groups (broad SMARTS) is 1. The monoisotopic (exact) mass is 458 g/mol. The van der Waals surface area contributed by atoms with Crippen LogP contribution < -0.4 is 15.4 Å². The lowest BCUT2D eigenvalue weighted by molar-refractivity contribution is 0.0698. The maximum absolute atomic E-state index is 12.8. The van der Waals surface area contributed by atoms with Crippen LogP contribution in [0.5, 0.6) is 5.75 Å². The molecule has 0 aliphatic heterocycles. The van der Waals surface area contributed by atoms with Gasteiger partial charge < -0.3 is 25.6 Å². The molecule has 0 spiro atoms. The summed E-state index contributed by atoms with van der Waals surface area (Å²) >= 11 is 0. The number of hydrogen-bond donors (Lipinski definition) is 4. The third-order valence-corrected chi connectivity index (χ3v) is 5.02. The molecular formula is C25H22N4O5. The topological polar surface area (TPSA) is 134 Å². The van der Waals surface area contributed by atoms with Crippen LogP contribution in [0.15, 0.2) is 73.1 Å². The van der Waals surface area contributed by atoms with Crippen molar-refractivity contribution in [1.82, 2.24) is 9.97 Å². The zero-order valence-corrected chi connectivity index (χ0v) is 18.1. The van der Waals surface area contributed by atoms with Gasteiger partial charge >= 0.3 is 5.97 Å². The molecule has 0 saturated carbocycles. The number of carboxylic acids is 1. The van der Waals surface area contributed by atoms with Crippen molar-refractivity contribution in [3.05, 3.63) is 89.7 Å². The highest BCUT2D eigenvalue weighted by Gasteiger charge is 2.14. The normalized spacial score (nSPS) is 10.6. The van der Waals surface area contributed by atoms with Gasteiger partial charge in [0.05, 0.1) is 23.3 Å². The second-order valence-electron chi connectivity index (χ2n) is 7.31. The Hall–Kier alpha value is -4.50. The van der Waals surface area contributed by atoms with Gasteiger partial charge in [0.25, 0.3) is 5.91 Å². The lowest BCUT2D eigenvalue weighted by Crippen LogP contribution is -2.14. The molecular weight excluding hydrogens is 436 g/mol. The molecule has 9 nitrogen and oxygen atoms in total. The van der Waals surface area contributed by atoms with Crippen molar-refractivity contribution in [2.24, 2.45) is 0 Å². The molecule has 0 aliphatic rings. The van der Waals surface area contributed by atoms with Gasteiger partial charge in [-0.2, -0.15) is 0 Å². The summed E-state index contributed by atoms with van der Waals surface area (Å²) in [6.45, 7) is 0.338. The van der Waals surface area contributed by atoms with Gasteiger partial charge in [0.15, 0.2) is 0 Å².